The Morgan fingerprint density at radius 2 is 1.76 bits per heavy atom. The molecule has 0 N–H and O–H groups in total. The van der Waals surface area contributed by atoms with Crippen molar-refractivity contribution in [2.75, 3.05) is 0 Å². The molecule has 2 atom stereocenters. The number of carbonyl (C=O) groups is 1. The highest BCUT2D eigenvalue weighted by Crippen LogP contribution is 2.65. The summed E-state index contributed by atoms with van der Waals surface area (Å²) in [6.07, 6.45) is 11.6. The van der Waals surface area contributed by atoms with Gasteiger partial charge in [-0.15, -0.1) is 0 Å². The normalized spacial score (nSPS) is 51.8. The first-order chi connectivity index (χ1) is 8.07. The first-order valence-electron chi connectivity index (χ1n) is 7.60. The molecular formula is C16H24O. The second kappa shape index (κ2) is 3.16. The van der Waals surface area contributed by atoms with Crippen molar-refractivity contribution < 1.29 is 4.79 Å². The van der Waals surface area contributed by atoms with E-state index in [0.717, 1.165) is 24.2 Å². The first kappa shape index (κ1) is 10.6. The Kier molecular flexibility index (Phi) is 1.97. The molecule has 5 aliphatic carbocycles. The quantitative estimate of drug-likeness (QED) is 0.719. The smallest absolute Gasteiger partial charge is 0.139 e. The summed E-state index contributed by atoms with van der Waals surface area (Å²) in [7, 11) is 0. The van der Waals surface area contributed by atoms with Crippen LogP contribution < -0.4 is 0 Å². The maximum absolute atomic E-state index is 12.7. The summed E-state index contributed by atoms with van der Waals surface area (Å²) in [6.45, 7) is 2.46. The minimum atomic E-state index is 0.154. The maximum Gasteiger partial charge on any atom is 0.139 e. The zero-order valence-electron chi connectivity index (χ0n) is 11.0. The van der Waals surface area contributed by atoms with E-state index in [1.54, 1.807) is 0 Å². The molecule has 0 spiro atoms. The topological polar surface area (TPSA) is 17.1 Å². The fraction of sp³-hybridized carbons (Fsp3) is 0.938. The van der Waals surface area contributed by atoms with Gasteiger partial charge in [-0.3, -0.25) is 4.79 Å². The lowest BCUT2D eigenvalue weighted by molar-refractivity contribution is -0.153. The largest absolute Gasteiger partial charge is 0.299 e. The average Bonchev–Trinajstić information content (AvgIpc) is 2.97. The van der Waals surface area contributed by atoms with Crippen LogP contribution in [-0.2, 0) is 4.79 Å². The minimum absolute atomic E-state index is 0.154. The van der Waals surface area contributed by atoms with Crippen LogP contribution in [0.3, 0.4) is 0 Å². The Morgan fingerprint density at radius 1 is 1.12 bits per heavy atom. The fourth-order valence-electron chi connectivity index (χ4n) is 5.85. The molecule has 1 nitrogen and oxygen atoms in total. The number of carbonyl (C=O) groups excluding carboxylic acids is 1. The lowest BCUT2D eigenvalue weighted by Crippen LogP contribution is -2.54. The monoisotopic (exact) mass is 232 g/mol. The average molecular weight is 232 g/mol. The van der Waals surface area contributed by atoms with Gasteiger partial charge < -0.3 is 0 Å². The van der Waals surface area contributed by atoms with Gasteiger partial charge in [0.2, 0.25) is 0 Å². The van der Waals surface area contributed by atoms with Gasteiger partial charge in [0.25, 0.3) is 0 Å². The third kappa shape index (κ3) is 1.61. The van der Waals surface area contributed by atoms with Gasteiger partial charge in [0, 0.05) is 11.8 Å². The molecule has 0 heterocycles. The van der Waals surface area contributed by atoms with Crippen LogP contribution in [0, 0.1) is 28.6 Å². The summed E-state index contributed by atoms with van der Waals surface area (Å²) in [5.74, 6) is 3.23. The van der Waals surface area contributed by atoms with Gasteiger partial charge in [-0.05, 0) is 74.5 Å². The highest BCUT2D eigenvalue weighted by Gasteiger charge is 2.58. The van der Waals surface area contributed by atoms with Gasteiger partial charge in [-0.1, -0.05) is 6.92 Å². The Labute approximate surface area is 104 Å². The molecule has 0 aliphatic heterocycles. The highest BCUT2D eigenvalue weighted by molar-refractivity contribution is 5.85. The predicted molar refractivity (Wildman–Crippen MR) is 67.6 cm³/mol. The van der Waals surface area contributed by atoms with E-state index in [9.17, 15) is 4.79 Å². The molecule has 5 saturated carbocycles. The van der Waals surface area contributed by atoms with E-state index < -0.39 is 0 Å². The number of hydrogen-bond acceptors (Lipinski definition) is 1. The van der Waals surface area contributed by atoms with Gasteiger partial charge in [-0.25, -0.2) is 0 Å². The summed E-state index contributed by atoms with van der Waals surface area (Å²) in [6, 6.07) is 0. The summed E-state index contributed by atoms with van der Waals surface area (Å²) in [4.78, 5) is 12.7. The van der Waals surface area contributed by atoms with Crippen LogP contribution in [0.5, 0.6) is 0 Å². The Morgan fingerprint density at radius 3 is 2.29 bits per heavy atom. The molecule has 0 amide bonds. The van der Waals surface area contributed by atoms with E-state index in [2.05, 4.69) is 6.92 Å². The second-order valence-corrected chi connectivity index (χ2v) is 8.12. The molecule has 0 aromatic heterocycles. The summed E-state index contributed by atoms with van der Waals surface area (Å²) in [5, 5.41) is 0. The van der Waals surface area contributed by atoms with Crippen LogP contribution in [0.1, 0.15) is 64.7 Å². The molecule has 17 heavy (non-hydrogen) atoms. The standard InChI is InChI=1S/C16H24O/c1-15-6-12-4-13(7-15)9-16(8-12,10-15)14(17)5-11-2-3-11/h11-13H,2-10H2,1H3. The Bertz CT molecular complexity index is 352. The fourth-order valence-corrected chi connectivity index (χ4v) is 5.85. The number of ketones is 1. The lowest BCUT2D eigenvalue weighted by atomic mass is 9.43. The number of hydrogen-bond donors (Lipinski definition) is 0. The van der Waals surface area contributed by atoms with Gasteiger partial charge in [0.1, 0.15) is 5.78 Å². The number of rotatable bonds is 3. The van der Waals surface area contributed by atoms with Crippen LogP contribution in [0.2, 0.25) is 0 Å². The van der Waals surface area contributed by atoms with E-state index in [1.807, 2.05) is 0 Å². The van der Waals surface area contributed by atoms with Crippen LogP contribution in [-0.4, -0.2) is 5.78 Å². The summed E-state index contributed by atoms with van der Waals surface area (Å²) < 4.78 is 0. The first-order valence-corrected chi connectivity index (χ1v) is 7.60. The van der Waals surface area contributed by atoms with Crippen LogP contribution >= 0.6 is 0 Å². The molecule has 5 rings (SSSR count). The Hall–Kier alpha value is -0.330. The predicted octanol–water partition coefficient (Wildman–Crippen LogP) is 3.96. The van der Waals surface area contributed by atoms with Crippen molar-refractivity contribution in [1.29, 1.82) is 0 Å². The van der Waals surface area contributed by atoms with Crippen LogP contribution in [0.25, 0.3) is 0 Å². The molecule has 94 valence electrons. The van der Waals surface area contributed by atoms with E-state index in [4.69, 9.17) is 0 Å². The molecule has 5 fully saturated rings. The van der Waals surface area contributed by atoms with Crippen molar-refractivity contribution in [3.8, 4) is 0 Å². The van der Waals surface area contributed by atoms with E-state index >= 15 is 0 Å². The van der Waals surface area contributed by atoms with Crippen molar-refractivity contribution >= 4 is 5.78 Å². The summed E-state index contributed by atoms with van der Waals surface area (Å²) in [5.41, 5.74) is 0.685. The molecule has 0 aromatic carbocycles. The van der Waals surface area contributed by atoms with E-state index in [1.165, 1.54) is 51.4 Å². The third-order valence-electron chi connectivity index (χ3n) is 6.12. The highest BCUT2D eigenvalue weighted by atomic mass is 16.1. The van der Waals surface area contributed by atoms with E-state index in [-0.39, 0.29) is 5.41 Å². The van der Waals surface area contributed by atoms with Gasteiger partial charge in [0.05, 0.1) is 0 Å². The molecular weight excluding hydrogens is 208 g/mol. The van der Waals surface area contributed by atoms with Crippen molar-refractivity contribution in [1.82, 2.24) is 0 Å². The zero-order chi connectivity index (χ0) is 11.7. The molecule has 0 aromatic rings. The molecule has 2 unspecified atom stereocenters. The second-order valence-electron chi connectivity index (χ2n) is 8.12. The molecule has 0 saturated heterocycles. The lowest BCUT2D eigenvalue weighted by Gasteiger charge is -2.60. The SMILES string of the molecule is CC12CC3CC(C1)CC(C(=O)CC1CC1)(C3)C2. The van der Waals surface area contributed by atoms with Crippen LogP contribution in [0.4, 0.5) is 0 Å². The Balaban J connectivity index is 1.61. The van der Waals surface area contributed by atoms with Gasteiger partial charge >= 0.3 is 0 Å². The van der Waals surface area contributed by atoms with Crippen molar-refractivity contribution in [3.05, 3.63) is 0 Å². The minimum Gasteiger partial charge on any atom is -0.299 e. The van der Waals surface area contributed by atoms with Crippen LogP contribution in [0.15, 0.2) is 0 Å². The van der Waals surface area contributed by atoms with Gasteiger partial charge in [0.15, 0.2) is 0 Å². The number of Topliss-reactive ketones (excluding diaryl/α,β-unsaturated/α-hetero) is 1. The molecule has 1 heteroatoms. The summed E-state index contributed by atoms with van der Waals surface area (Å²) >= 11 is 0. The van der Waals surface area contributed by atoms with Crippen molar-refractivity contribution in [3.63, 3.8) is 0 Å². The third-order valence-corrected chi connectivity index (χ3v) is 6.12. The van der Waals surface area contributed by atoms with Crippen molar-refractivity contribution in [2.45, 2.75) is 64.7 Å². The molecule has 5 aliphatic rings. The zero-order valence-corrected chi connectivity index (χ0v) is 11.0. The van der Waals surface area contributed by atoms with E-state index in [0.29, 0.717) is 11.2 Å². The van der Waals surface area contributed by atoms with Gasteiger partial charge in [-0.2, -0.15) is 0 Å². The van der Waals surface area contributed by atoms with Crippen molar-refractivity contribution in [2.24, 2.45) is 28.6 Å². The molecule has 4 bridgehead atoms. The maximum atomic E-state index is 12.7. The molecule has 0 radical (unpaired) electrons.